The van der Waals surface area contributed by atoms with Crippen LogP contribution in [-0.4, -0.2) is 35.7 Å². The molecule has 0 radical (unpaired) electrons. The molecule has 144 valence electrons. The molecule has 0 heterocycles. The van der Waals surface area contributed by atoms with Gasteiger partial charge in [-0.05, 0) is 36.2 Å². The summed E-state index contributed by atoms with van der Waals surface area (Å²) in [4.78, 5) is 25.9. The molecule has 27 heavy (non-hydrogen) atoms. The molecule has 0 atom stereocenters. The summed E-state index contributed by atoms with van der Waals surface area (Å²) in [6.45, 7) is 3.08. The van der Waals surface area contributed by atoms with Crippen molar-refractivity contribution in [3.05, 3.63) is 59.7 Å². The van der Waals surface area contributed by atoms with Crippen LogP contribution >= 0.6 is 0 Å². The van der Waals surface area contributed by atoms with Crippen LogP contribution in [0.15, 0.2) is 48.5 Å². The van der Waals surface area contributed by atoms with Crippen molar-refractivity contribution >= 4 is 17.6 Å². The van der Waals surface area contributed by atoms with E-state index >= 15 is 0 Å². The molecule has 0 unspecified atom stereocenters. The van der Waals surface area contributed by atoms with E-state index in [1.165, 1.54) is 0 Å². The summed E-state index contributed by atoms with van der Waals surface area (Å²) in [6, 6.07) is 13.8. The largest absolute Gasteiger partial charge is 0.495 e. The van der Waals surface area contributed by atoms with Gasteiger partial charge in [0, 0.05) is 18.7 Å². The smallest absolute Gasteiger partial charge is 0.322 e. The van der Waals surface area contributed by atoms with Gasteiger partial charge in [0.2, 0.25) is 0 Å². The molecule has 2 aromatic carbocycles. The zero-order chi connectivity index (χ0) is 19.6. The lowest BCUT2D eigenvalue weighted by molar-refractivity contribution is 0.0706. The molecule has 3 amide bonds. The summed E-state index contributed by atoms with van der Waals surface area (Å²) in [5, 5.41) is 11.6. The van der Waals surface area contributed by atoms with Crippen LogP contribution in [0.25, 0.3) is 0 Å². The molecule has 7 nitrogen and oxygen atoms in total. The van der Waals surface area contributed by atoms with Gasteiger partial charge in [-0.1, -0.05) is 37.6 Å². The van der Waals surface area contributed by atoms with E-state index in [2.05, 4.69) is 12.2 Å². The summed E-state index contributed by atoms with van der Waals surface area (Å²) in [7, 11) is 1.56. The predicted molar refractivity (Wildman–Crippen MR) is 103 cm³/mol. The second-order valence-electron chi connectivity index (χ2n) is 6.04. The van der Waals surface area contributed by atoms with Crippen LogP contribution in [0.3, 0.4) is 0 Å². The van der Waals surface area contributed by atoms with Crippen LogP contribution in [0.4, 0.5) is 10.5 Å². The minimum Gasteiger partial charge on any atom is -0.495 e. The number of carbonyl (C=O) groups excluding carboxylic acids is 2. The Kier molecular flexibility index (Phi) is 7.63. The first kappa shape index (κ1) is 20.3. The Morgan fingerprint density at radius 1 is 1.11 bits per heavy atom. The highest BCUT2D eigenvalue weighted by Gasteiger charge is 2.16. The topological polar surface area (TPSA) is 90.9 Å². The maximum Gasteiger partial charge on any atom is 0.322 e. The van der Waals surface area contributed by atoms with Crippen LogP contribution in [0, 0.1) is 0 Å². The number of unbranched alkanes of at least 4 members (excludes halogenated alkanes) is 1. The van der Waals surface area contributed by atoms with Crippen LogP contribution in [0.2, 0.25) is 0 Å². The Balaban J connectivity index is 2.11. The van der Waals surface area contributed by atoms with Crippen molar-refractivity contribution < 1.29 is 19.5 Å². The van der Waals surface area contributed by atoms with Gasteiger partial charge in [-0.3, -0.25) is 10.0 Å². The molecule has 0 fully saturated rings. The molecule has 0 saturated heterocycles. The number of para-hydroxylation sites is 2. The lowest BCUT2D eigenvalue weighted by atomic mass is 10.1. The number of hydrogen-bond donors (Lipinski definition) is 3. The molecule has 0 aliphatic rings. The van der Waals surface area contributed by atoms with Gasteiger partial charge in [0.25, 0.3) is 5.91 Å². The standard InChI is InChI=1S/C20H25N3O4/c1-3-4-13-23(14-15-9-11-16(12-10-15)19(24)22-26)20(25)21-17-7-5-6-8-18(17)27-2/h5-12,26H,3-4,13-14H2,1-2H3,(H,21,25)(H,22,24). The molecule has 0 spiro atoms. The summed E-state index contributed by atoms with van der Waals surface area (Å²) in [5.41, 5.74) is 3.44. The van der Waals surface area contributed by atoms with Crippen LogP contribution in [0.5, 0.6) is 5.75 Å². The van der Waals surface area contributed by atoms with Gasteiger partial charge in [0.15, 0.2) is 0 Å². The number of ether oxygens (including phenoxy) is 1. The van der Waals surface area contributed by atoms with Crippen LogP contribution in [-0.2, 0) is 6.54 Å². The van der Waals surface area contributed by atoms with E-state index in [4.69, 9.17) is 9.94 Å². The highest BCUT2D eigenvalue weighted by molar-refractivity contribution is 5.93. The highest BCUT2D eigenvalue weighted by Crippen LogP contribution is 2.23. The molecule has 3 N–H and O–H groups in total. The highest BCUT2D eigenvalue weighted by atomic mass is 16.5. The van der Waals surface area contributed by atoms with Crippen molar-refractivity contribution in [1.82, 2.24) is 10.4 Å². The Bertz CT molecular complexity index is 762. The van der Waals surface area contributed by atoms with Crippen LogP contribution < -0.4 is 15.5 Å². The summed E-state index contributed by atoms with van der Waals surface area (Å²) in [6.07, 6.45) is 1.85. The zero-order valence-corrected chi connectivity index (χ0v) is 15.6. The van der Waals surface area contributed by atoms with E-state index < -0.39 is 5.91 Å². The van der Waals surface area contributed by atoms with Gasteiger partial charge in [-0.2, -0.15) is 0 Å². The van der Waals surface area contributed by atoms with Gasteiger partial charge >= 0.3 is 6.03 Å². The van der Waals surface area contributed by atoms with E-state index in [9.17, 15) is 9.59 Å². The number of nitrogens with one attached hydrogen (secondary N) is 2. The average Bonchev–Trinajstić information content (AvgIpc) is 2.71. The predicted octanol–water partition coefficient (Wildman–Crippen LogP) is 3.65. The molecular formula is C20H25N3O4. The van der Waals surface area contributed by atoms with Crippen molar-refractivity contribution in [2.75, 3.05) is 19.0 Å². The summed E-state index contributed by atoms with van der Waals surface area (Å²) in [5.74, 6) is 0.0268. The second-order valence-corrected chi connectivity index (χ2v) is 6.04. The normalized spacial score (nSPS) is 10.2. The Morgan fingerprint density at radius 2 is 1.81 bits per heavy atom. The van der Waals surface area contributed by atoms with Crippen molar-refractivity contribution in [3.63, 3.8) is 0 Å². The first-order valence-electron chi connectivity index (χ1n) is 8.81. The maximum absolute atomic E-state index is 12.8. The monoisotopic (exact) mass is 371 g/mol. The molecule has 0 bridgehead atoms. The van der Waals surface area contributed by atoms with Crippen molar-refractivity contribution in [3.8, 4) is 5.75 Å². The lowest BCUT2D eigenvalue weighted by Crippen LogP contribution is -2.35. The first-order chi connectivity index (χ1) is 13.1. The van der Waals surface area contributed by atoms with Crippen molar-refractivity contribution in [1.29, 1.82) is 0 Å². The molecule has 0 aliphatic carbocycles. The fourth-order valence-corrected chi connectivity index (χ4v) is 2.59. The molecule has 2 aromatic rings. The van der Waals surface area contributed by atoms with Gasteiger partial charge in [0.1, 0.15) is 5.75 Å². The molecule has 0 saturated carbocycles. The minimum absolute atomic E-state index is 0.217. The SMILES string of the molecule is CCCCN(Cc1ccc(C(=O)NO)cc1)C(=O)Nc1ccccc1OC. The third-order valence-electron chi connectivity index (χ3n) is 4.11. The molecular weight excluding hydrogens is 346 g/mol. The quantitative estimate of drug-likeness (QED) is 0.488. The number of hydroxylamine groups is 1. The third-order valence-corrected chi connectivity index (χ3v) is 4.11. The number of hydrogen-bond acceptors (Lipinski definition) is 4. The van der Waals surface area contributed by atoms with Crippen molar-refractivity contribution in [2.45, 2.75) is 26.3 Å². The number of nitrogens with zero attached hydrogens (tertiary/aromatic N) is 1. The van der Waals surface area contributed by atoms with E-state index in [0.717, 1.165) is 18.4 Å². The fraction of sp³-hybridized carbons (Fsp3) is 0.300. The molecule has 0 aliphatic heterocycles. The number of methoxy groups -OCH3 is 1. The third kappa shape index (κ3) is 5.72. The Hall–Kier alpha value is -3.06. The lowest BCUT2D eigenvalue weighted by Gasteiger charge is -2.24. The van der Waals surface area contributed by atoms with E-state index in [0.29, 0.717) is 30.1 Å². The Labute approximate surface area is 158 Å². The molecule has 0 aromatic heterocycles. The number of amides is 3. The van der Waals surface area contributed by atoms with Crippen molar-refractivity contribution in [2.24, 2.45) is 0 Å². The van der Waals surface area contributed by atoms with E-state index in [-0.39, 0.29) is 6.03 Å². The minimum atomic E-state index is -0.571. The summed E-state index contributed by atoms with van der Waals surface area (Å²) < 4.78 is 5.28. The van der Waals surface area contributed by atoms with E-state index in [1.807, 2.05) is 12.1 Å². The number of rotatable bonds is 8. The van der Waals surface area contributed by atoms with Gasteiger partial charge < -0.3 is 15.0 Å². The summed E-state index contributed by atoms with van der Waals surface area (Å²) >= 11 is 0. The number of benzene rings is 2. The number of anilines is 1. The maximum atomic E-state index is 12.8. The van der Waals surface area contributed by atoms with Gasteiger partial charge in [0.05, 0.1) is 12.8 Å². The Morgan fingerprint density at radius 3 is 2.44 bits per heavy atom. The molecule has 7 heteroatoms. The second kappa shape index (κ2) is 10.2. The molecule has 2 rings (SSSR count). The fourth-order valence-electron chi connectivity index (χ4n) is 2.59. The number of urea groups is 1. The van der Waals surface area contributed by atoms with E-state index in [1.54, 1.807) is 53.9 Å². The van der Waals surface area contributed by atoms with Gasteiger partial charge in [-0.15, -0.1) is 0 Å². The van der Waals surface area contributed by atoms with Gasteiger partial charge in [-0.25, -0.2) is 10.3 Å². The number of carbonyl (C=O) groups is 2. The van der Waals surface area contributed by atoms with Crippen LogP contribution in [0.1, 0.15) is 35.7 Å². The zero-order valence-electron chi connectivity index (χ0n) is 15.6. The first-order valence-corrected chi connectivity index (χ1v) is 8.81. The average molecular weight is 371 g/mol.